The third-order valence-electron chi connectivity index (χ3n) is 2.70. The first kappa shape index (κ1) is 15.9. The van der Waals surface area contributed by atoms with Gasteiger partial charge in [-0.3, -0.25) is 9.36 Å². The molecule has 0 fully saturated rings. The van der Waals surface area contributed by atoms with Gasteiger partial charge in [0, 0.05) is 20.1 Å². The average Bonchev–Trinajstić information content (AvgIpc) is 2.45. The number of hydrogen-bond acceptors (Lipinski definition) is 5. The van der Waals surface area contributed by atoms with Crippen molar-refractivity contribution in [3.05, 3.63) is 30.3 Å². The van der Waals surface area contributed by atoms with Crippen molar-refractivity contribution in [3.8, 4) is 5.75 Å². The highest BCUT2D eigenvalue weighted by molar-refractivity contribution is 7.54. The van der Waals surface area contributed by atoms with E-state index in [-0.39, 0.29) is 24.5 Å². The Labute approximate surface area is 113 Å². The monoisotopic (exact) mass is 286 g/mol. The molecule has 1 rings (SSSR count). The Morgan fingerprint density at radius 1 is 1.21 bits per heavy atom. The first-order valence-corrected chi connectivity index (χ1v) is 7.64. The second kappa shape index (κ2) is 7.43. The molecule has 5 nitrogen and oxygen atoms in total. The van der Waals surface area contributed by atoms with Gasteiger partial charge in [0.2, 0.25) is 0 Å². The first-order chi connectivity index (χ1) is 9.00. The van der Waals surface area contributed by atoms with E-state index >= 15 is 0 Å². The molecule has 0 spiro atoms. The minimum Gasteiger partial charge on any atom is -0.493 e. The molecule has 1 aromatic rings. The van der Waals surface area contributed by atoms with E-state index < -0.39 is 7.60 Å². The summed E-state index contributed by atoms with van der Waals surface area (Å²) in [5.74, 6) is 0.116. The summed E-state index contributed by atoms with van der Waals surface area (Å²) in [5.41, 5.74) is 0. The lowest BCUT2D eigenvalue weighted by Crippen LogP contribution is -2.22. The molecule has 1 unspecified atom stereocenters. The van der Waals surface area contributed by atoms with Gasteiger partial charge in [0.15, 0.2) is 5.78 Å². The smallest absolute Gasteiger partial charge is 0.337 e. The Hall–Kier alpha value is -1.16. The Kier molecular flexibility index (Phi) is 6.22. The quantitative estimate of drug-likeness (QED) is 0.688. The van der Waals surface area contributed by atoms with Gasteiger partial charge in [-0.2, -0.15) is 0 Å². The Morgan fingerprint density at radius 3 is 2.32 bits per heavy atom. The van der Waals surface area contributed by atoms with E-state index in [2.05, 4.69) is 0 Å². The van der Waals surface area contributed by atoms with Gasteiger partial charge in [0.25, 0.3) is 0 Å². The number of hydrogen-bond donors (Lipinski definition) is 0. The maximum absolute atomic E-state index is 11.9. The molecule has 1 atom stereocenters. The van der Waals surface area contributed by atoms with Crippen LogP contribution < -0.4 is 4.74 Å². The fourth-order valence-electron chi connectivity index (χ4n) is 1.38. The molecule has 106 valence electrons. The molecule has 0 N–H and O–H groups in total. The summed E-state index contributed by atoms with van der Waals surface area (Å²) >= 11 is 0. The minimum atomic E-state index is -3.29. The normalized spacial score (nSPS) is 13.0. The number of ether oxygens (including phenoxy) is 1. The van der Waals surface area contributed by atoms with Crippen LogP contribution in [0.1, 0.15) is 6.92 Å². The highest BCUT2D eigenvalue weighted by Gasteiger charge is 2.28. The molecule has 0 aliphatic heterocycles. The lowest BCUT2D eigenvalue weighted by molar-refractivity contribution is -0.120. The maximum atomic E-state index is 11.9. The van der Waals surface area contributed by atoms with Crippen molar-refractivity contribution < 1.29 is 23.1 Å². The van der Waals surface area contributed by atoms with Gasteiger partial charge in [-0.15, -0.1) is 0 Å². The summed E-state index contributed by atoms with van der Waals surface area (Å²) in [4.78, 5) is 11.9. The van der Waals surface area contributed by atoms with Crippen LogP contribution in [0.5, 0.6) is 5.75 Å². The zero-order chi connectivity index (χ0) is 14.3. The van der Waals surface area contributed by atoms with Gasteiger partial charge < -0.3 is 13.8 Å². The standard InChI is InChI=1S/C13H19O5P/c1-11(9-18-12-7-5-4-6-8-12)13(14)10-19(15,16-2)17-3/h4-8,11H,9-10H2,1-3H3. The van der Waals surface area contributed by atoms with Crippen LogP contribution in [-0.2, 0) is 18.4 Å². The van der Waals surface area contributed by atoms with Crippen LogP contribution >= 0.6 is 7.60 Å². The van der Waals surface area contributed by atoms with Gasteiger partial charge in [-0.1, -0.05) is 25.1 Å². The molecule has 0 heterocycles. The Balaban J connectivity index is 2.47. The van der Waals surface area contributed by atoms with Crippen LogP contribution in [0.25, 0.3) is 0 Å². The summed E-state index contributed by atoms with van der Waals surface area (Å²) in [7, 11) is -0.759. The third kappa shape index (κ3) is 5.15. The number of rotatable bonds is 8. The summed E-state index contributed by atoms with van der Waals surface area (Å²) in [6, 6.07) is 9.21. The lowest BCUT2D eigenvalue weighted by Gasteiger charge is -2.16. The molecule has 0 aromatic heterocycles. The molecule has 0 saturated heterocycles. The van der Waals surface area contributed by atoms with E-state index in [1.165, 1.54) is 14.2 Å². The van der Waals surface area contributed by atoms with Crippen LogP contribution in [0, 0.1) is 5.92 Å². The Morgan fingerprint density at radius 2 is 1.79 bits per heavy atom. The number of carbonyl (C=O) groups is 1. The van der Waals surface area contributed by atoms with Crippen LogP contribution in [0.2, 0.25) is 0 Å². The zero-order valence-electron chi connectivity index (χ0n) is 11.4. The molecule has 0 saturated carbocycles. The number of benzene rings is 1. The summed E-state index contributed by atoms with van der Waals surface area (Å²) < 4.78 is 26.8. The third-order valence-corrected chi connectivity index (χ3v) is 4.51. The van der Waals surface area contributed by atoms with E-state index in [0.29, 0.717) is 5.75 Å². The van der Waals surface area contributed by atoms with E-state index in [9.17, 15) is 9.36 Å². The van der Waals surface area contributed by atoms with Gasteiger partial charge >= 0.3 is 7.60 Å². The van der Waals surface area contributed by atoms with Crippen molar-refractivity contribution in [2.45, 2.75) is 6.92 Å². The fraction of sp³-hybridized carbons (Fsp3) is 0.462. The highest BCUT2D eigenvalue weighted by Crippen LogP contribution is 2.46. The second-order valence-electron chi connectivity index (χ2n) is 4.13. The highest BCUT2D eigenvalue weighted by atomic mass is 31.2. The van der Waals surface area contributed by atoms with Crippen LogP contribution in [0.4, 0.5) is 0 Å². The molecule has 19 heavy (non-hydrogen) atoms. The molecule has 0 bridgehead atoms. The molecular weight excluding hydrogens is 267 g/mol. The zero-order valence-corrected chi connectivity index (χ0v) is 12.3. The topological polar surface area (TPSA) is 61.8 Å². The van der Waals surface area contributed by atoms with Crippen LogP contribution in [0.3, 0.4) is 0 Å². The molecule has 0 aliphatic rings. The van der Waals surface area contributed by atoms with Crippen molar-refractivity contribution in [3.63, 3.8) is 0 Å². The number of Topliss-reactive ketones (excluding diaryl/α,β-unsaturated/α-hetero) is 1. The van der Waals surface area contributed by atoms with E-state index in [4.69, 9.17) is 13.8 Å². The second-order valence-corrected chi connectivity index (χ2v) is 6.39. The van der Waals surface area contributed by atoms with Crippen LogP contribution in [-0.4, -0.2) is 32.8 Å². The molecule has 6 heteroatoms. The average molecular weight is 286 g/mol. The fourth-order valence-corrected chi connectivity index (χ4v) is 2.48. The molecule has 0 radical (unpaired) electrons. The van der Waals surface area contributed by atoms with Gasteiger partial charge in [0.1, 0.15) is 11.9 Å². The summed E-state index contributed by atoms with van der Waals surface area (Å²) in [6.45, 7) is 1.96. The van der Waals surface area contributed by atoms with E-state index in [1.807, 2.05) is 30.3 Å². The lowest BCUT2D eigenvalue weighted by atomic mass is 10.1. The first-order valence-electron chi connectivity index (χ1n) is 5.92. The minimum absolute atomic E-state index is 0.206. The number of carbonyl (C=O) groups excluding carboxylic acids is 1. The van der Waals surface area contributed by atoms with Crippen molar-refractivity contribution in [2.24, 2.45) is 5.92 Å². The molecule has 0 aliphatic carbocycles. The van der Waals surface area contributed by atoms with E-state index in [1.54, 1.807) is 6.92 Å². The van der Waals surface area contributed by atoms with Crippen molar-refractivity contribution in [2.75, 3.05) is 27.0 Å². The summed E-state index contributed by atoms with van der Waals surface area (Å²) in [6.07, 6.45) is -0.237. The predicted molar refractivity (Wildman–Crippen MR) is 72.6 cm³/mol. The van der Waals surface area contributed by atoms with Crippen molar-refractivity contribution in [1.82, 2.24) is 0 Å². The molecular formula is C13H19O5P. The van der Waals surface area contributed by atoms with E-state index in [0.717, 1.165) is 0 Å². The molecule has 0 amide bonds. The Bertz CT molecular complexity index is 438. The van der Waals surface area contributed by atoms with Crippen molar-refractivity contribution >= 4 is 13.4 Å². The predicted octanol–water partition coefficient (Wildman–Crippen LogP) is 2.76. The number of para-hydroxylation sites is 1. The van der Waals surface area contributed by atoms with Crippen molar-refractivity contribution in [1.29, 1.82) is 0 Å². The SMILES string of the molecule is COP(=O)(CC(=O)C(C)COc1ccccc1)OC. The van der Waals surface area contributed by atoms with Gasteiger partial charge in [-0.05, 0) is 12.1 Å². The molecule has 1 aromatic carbocycles. The van der Waals surface area contributed by atoms with Gasteiger partial charge in [0.05, 0.1) is 6.61 Å². The van der Waals surface area contributed by atoms with Gasteiger partial charge in [-0.25, -0.2) is 0 Å². The maximum Gasteiger partial charge on any atom is 0.337 e. The largest absolute Gasteiger partial charge is 0.493 e. The number of ketones is 1. The van der Waals surface area contributed by atoms with Crippen LogP contribution in [0.15, 0.2) is 30.3 Å². The summed E-state index contributed by atoms with van der Waals surface area (Å²) in [5, 5.41) is 0.